The molecule has 1 amide bonds. The summed E-state index contributed by atoms with van der Waals surface area (Å²) >= 11 is 5.77. The van der Waals surface area contributed by atoms with Gasteiger partial charge in [-0.1, -0.05) is 20.3 Å². The Morgan fingerprint density at radius 1 is 1.41 bits per heavy atom. The van der Waals surface area contributed by atoms with Gasteiger partial charge in [-0.3, -0.25) is 4.79 Å². The minimum Gasteiger partial charge on any atom is -0.377 e. The fourth-order valence-electron chi connectivity index (χ4n) is 2.35. The van der Waals surface area contributed by atoms with Gasteiger partial charge in [-0.05, 0) is 19.3 Å². The number of amides is 1. The van der Waals surface area contributed by atoms with E-state index in [1.165, 1.54) is 0 Å². The molecule has 2 unspecified atom stereocenters. The maximum atomic E-state index is 12.4. The van der Waals surface area contributed by atoms with E-state index in [4.69, 9.17) is 16.3 Å². The molecule has 0 saturated carbocycles. The Morgan fingerprint density at radius 2 is 2.18 bits per heavy atom. The molecule has 1 heterocycles. The first-order chi connectivity index (χ1) is 8.24. The second kappa shape index (κ2) is 7.93. The fourth-order valence-corrected chi connectivity index (χ4v) is 2.56. The Hall–Kier alpha value is -0.280. The van der Waals surface area contributed by atoms with Gasteiger partial charge < -0.3 is 9.64 Å². The number of unbranched alkanes of at least 4 members (excludes halogenated alkanes) is 1. The van der Waals surface area contributed by atoms with E-state index < -0.39 is 0 Å². The van der Waals surface area contributed by atoms with Gasteiger partial charge in [-0.25, -0.2) is 0 Å². The molecule has 0 bridgehead atoms. The molecule has 17 heavy (non-hydrogen) atoms. The van der Waals surface area contributed by atoms with Crippen molar-refractivity contribution in [3.05, 3.63) is 0 Å². The van der Waals surface area contributed by atoms with Crippen molar-refractivity contribution in [2.45, 2.75) is 45.6 Å². The van der Waals surface area contributed by atoms with Crippen molar-refractivity contribution >= 4 is 17.5 Å². The van der Waals surface area contributed by atoms with Crippen LogP contribution in [0.25, 0.3) is 0 Å². The van der Waals surface area contributed by atoms with Crippen LogP contribution in [0.5, 0.6) is 0 Å². The zero-order valence-electron chi connectivity index (χ0n) is 11.0. The zero-order chi connectivity index (χ0) is 12.7. The molecule has 2 atom stereocenters. The van der Waals surface area contributed by atoms with Gasteiger partial charge in [0.2, 0.25) is 5.91 Å². The number of alkyl halides is 1. The molecule has 1 aliphatic heterocycles. The topological polar surface area (TPSA) is 29.5 Å². The summed E-state index contributed by atoms with van der Waals surface area (Å²) in [5.41, 5.74) is 0. The van der Waals surface area contributed by atoms with Crippen LogP contribution in [0.3, 0.4) is 0 Å². The monoisotopic (exact) mass is 261 g/mol. The van der Waals surface area contributed by atoms with E-state index in [-0.39, 0.29) is 17.9 Å². The molecule has 0 aromatic rings. The van der Waals surface area contributed by atoms with Gasteiger partial charge in [0.15, 0.2) is 0 Å². The Balaban J connectivity index is 2.56. The minimum atomic E-state index is 0.0556. The Morgan fingerprint density at radius 3 is 2.76 bits per heavy atom. The molecule has 100 valence electrons. The average molecular weight is 262 g/mol. The molecule has 0 aromatic carbocycles. The van der Waals surface area contributed by atoms with Crippen molar-refractivity contribution in [3.63, 3.8) is 0 Å². The van der Waals surface area contributed by atoms with E-state index in [1.54, 1.807) is 0 Å². The number of halogens is 1. The van der Waals surface area contributed by atoms with Crippen LogP contribution >= 0.6 is 11.6 Å². The lowest BCUT2D eigenvalue weighted by atomic mass is 9.98. The number of nitrogens with zero attached hydrogens (tertiary/aromatic N) is 1. The van der Waals surface area contributed by atoms with E-state index in [2.05, 4.69) is 13.8 Å². The first-order valence-corrected chi connectivity index (χ1v) is 7.24. The summed E-state index contributed by atoms with van der Waals surface area (Å²) in [4.78, 5) is 14.3. The van der Waals surface area contributed by atoms with Gasteiger partial charge in [0.1, 0.15) is 0 Å². The molecular formula is C13H24ClNO2. The van der Waals surface area contributed by atoms with Gasteiger partial charge in [0.25, 0.3) is 0 Å². The first kappa shape index (κ1) is 14.8. The van der Waals surface area contributed by atoms with Crippen LogP contribution in [-0.2, 0) is 9.53 Å². The van der Waals surface area contributed by atoms with E-state index in [0.717, 1.165) is 38.8 Å². The second-order valence-electron chi connectivity index (χ2n) is 4.58. The number of rotatable bonds is 7. The fraction of sp³-hybridized carbons (Fsp3) is 0.923. The maximum absolute atomic E-state index is 12.4. The summed E-state index contributed by atoms with van der Waals surface area (Å²) in [5, 5.41) is 0. The third-order valence-electron chi connectivity index (χ3n) is 3.38. The lowest BCUT2D eigenvalue weighted by molar-refractivity contribution is -0.137. The molecule has 0 N–H and O–H groups in total. The van der Waals surface area contributed by atoms with Crippen molar-refractivity contribution in [3.8, 4) is 0 Å². The normalized spacial score (nSPS) is 23.9. The Labute approximate surface area is 109 Å². The van der Waals surface area contributed by atoms with Crippen LogP contribution in [0.4, 0.5) is 0 Å². The SMILES string of the molecule is CCCCN(CCCl)C(=O)C1CCOC1CC. The first-order valence-electron chi connectivity index (χ1n) is 6.70. The molecular weight excluding hydrogens is 238 g/mol. The van der Waals surface area contributed by atoms with Gasteiger partial charge in [0, 0.05) is 25.6 Å². The van der Waals surface area contributed by atoms with Crippen LogP contribution in [-0.4, -0.2) is 42.5 Å². The summed E-state index contributed by atoms with van der Waals surface area (Å²) in [5.74, 6) is 0.809. The highest BCUT2D eigenvalue weighted by Gasteiger charge is 2.35. The smallest absolute Gasteiger partial charge is 0.228 e. The number of carbonyl (C=O) groups excluding carboxylic acids is 1. The van der Waals surface area contributed by atoms with Crippen LogP contribution in [0.2, 0.25) is 0 Å². The summed E-state index contributed by atoms with van der Waals surface area (Å²) in [6.07, 6.45) is 4.04. The van der Waals surface area contributed by atoms with Crippen molar-refractivity contribution in [2.75, 3.05) is 25.6 Å². The Kier molecular flexibility index (Phi) is 6.90. The van der Waals surface area contributed by atoms with Crippen molar-refractivity contribution in [2.24, 2.45) is 5.92 Å². The summed E-state index contributed by atoms with van der Waals surface area (Å²) in [7, 11) is 0. The summed E-state index contributed by atoms with van der Waals surface area (Å²) in [6, 6.07) is 0. The van der Waals surface area contributed by atoms with Crippen LogP contribution in [0.15, 0.2) is 0 Å². The Bertz CT molecular complexity index is 235. The molecule has 4 heteroatoms. The largest absolute Gasteiger partial charge is 0.377 e. The van der Waals surface area contributed by atoms with Gasteiger partial charge >= 0.3 is 0 Å². The van der Waals surface area contributed by atoms with Gasteiger partial charge in [-0.15, -0.1) is 11.6 Å². The standard InChI is InChI=1S/C13H24ClNO2/c1-3-5-8-15(9-7-14)13(16)11-6-10-17-12(11)4-2/h11-12H,3-10H2,1-2H3. The summed E-state index contributed by atoms with van der Waals surface area (Å²) in [6.45, 7) is 6.42. The molecule has 1 aliphatic rings. The van der Waals surface area contributed by atoms with Crippen molar-refractivity contribution in [1.29, 1.82) is 0 Å². The molecule has 0 aromatic heterocycles. The number of hydrogen-bond donors (Lipinski definition) is 0. The van der Waals surface area contributed by atoms with Crippen LogP contribution in [0, 0.1) is 5.92 Å². The molecule has 3 nitrogen and oxygen atoms in total. The second-order valence-corrected chi connectivity index (χ2v) is 4.96. The predicted octanol–water partition coefficient (Wildman–Crippen LogP) is 2.67. The minimum absolute atomic E-state index is 0.0556. The highest BCUT2D eigenvalue weighted by molar-refractivity contribution is 6.18. The van der Waals surface area contributed by atoms with E-state index in [1.807, 2.05) is 4.90 Å². The summed E-state index contributed by atoms with van der Waals surface area (Å²) < 4.78 is 5.59. The van der Waals surface area contributed by atoms with Crippen molar-refractivity contribution in [1.82, 2.24) is 4.90 Å². The highest BCUT2D eigenvalue weighted by Crippen LogP contribution is 2.25. The predicted molar refractivity (Wildman–Crippen MR) is 70.3 cm³/mol. The quantitative estimate of drug-likeness (QED) is 0.660. The maximum Gasteiger partial charge on any atom is 0.228 e. The molecule has 0 aliphatic carbocycles. The van der Waals surface area contributed by atoms with E-state index >= 15 is 0 Å². The van der Waals surface area contributed by atoms with Crippen LogP contribution < -0.4 is 0 Å². The van der Waals surface area contributed by atoms with E-state index in [0.29, 0.717) is 12.4 Å². The third kappa shape index (κ3) is 4.14. The number of hydrogen-bond acceptors (Lipinski definition) is 2. The molecule has 1 saturated heterocycles. The van der Waals surface area contributed by atoms with Crippen molar-refractivity contribution < 1.29 is 9.53 Å². The van der Waals surface area contributed by atoms with Gasteiger partial charge in [-0.2, -0.15) is 0 Å². The molecule has 0 radical (unpaired) electrons. The van der Waals surface area contributed by atoms with E-state index in [9.17, 15) is 4.79 Å². The molecule has 1 fully saturated rings. The number of ether oxygens (including phenoxy) is 1. The third-order valence-corrected chi connectivity index (χ3v) is 3.55. The number of carbonyl (C=O) groups is 1. The zero-order valence-corrected chi connectivity index (χ0v) is 11.7. The highest BCUT2D eigenvalue weighted by atomic mass is 35.5. The lowest BCUT2D eigenvalue weighted by Gasteiger charge is -2.26. The molecule has 0 spiro atoms. The molecule has 1 rings (SSSR count). The van der Waals surface area contributed by atoms with Gasteiger partial charge in [0.05, 0.1) is 12.0 Å². The lowest BCUT2D eigenvalue weighted by Crippen LogP contribution is -2.40. The van der Waals surface area contributed by atoms with Crippen LogP contribution in [0.1, 0.15) is 39.5 Å². The average Bonchev–Trinajstić information content (AvgIpc) is 2.81.